The SMILES string of the molecule is COCOc1c(Pc2c(C)cccc2CP(C)C)cc(C)cc1C(C)(C)C. The van der Waals surface area contributed by atoms with E-state index in [9.17, 15) is 0 Å². The van der Waals surface area contributed by atoms with Crippen molar-refractivity contribution in [2.75, 3.05) is 27.2 Å². The topological polar surface area (TPSA) is 18.5 Å². The third-order valence-corrected chi connectivity index (χ3v) is 7.05. The van der Waals surface area contributed by atoms with Gasteiger partial charge in [0.2, 0.25) is 0 Å². The first-order valence-corrected chi connectivity index (χ1v) is 12.8. The van der Waals surface area contributed by atoms with Crippen LogP contribution >= 0.6 is 16.5 Å². The summed E-state index contributed by atoms with van der Waals surface area (Å²) in [5, 5.41) is 2.76. The van der Waals surface area contributed by atoms with E-state index in [1.165, 1.54) is 39.0 Å². The van der Waals surface area contributed by atoms with Gasteiger partial charge in [0.1, 0.15) is 5.75 Å². The summed E-state index contributed by atoms with van der Waals surface area (Å²) < 4.78 is 11.4. The highest BCUT2D eigenvalue weighted by Crippen LogP contribution is 2.36. The second-order valence-electron chi connectivity index (χ2n) is 8.46. The number of hydrogen-bond acceptors (Lipinski definition) is 2. The Labute approximate surface area is 168 Å². The first kappa shape index (κ1) is 22.4. The largest absolute Gasteiger partial charge is 0.467 e. The molecule has 0 aliphatic heterocycles. The second kappa shape index (κ2) is 9.51. The molecule has 0 fully saturated rings. The lowest BCUT2D eigenvalue weighted by Gasteiger charge is -2.26. The maximum Gasteiger partial charge on any atom is 0.188 e. The Kier molecular flexibility index (Phi) is 7.87. The van der Waals surface area contributed by atoms with Crippen LogP contribution in [0.2, 0.25) is 0 Å². The van der Waals surface area contributed by atoms with Crippen molar-refractivity contribution in [1.82, 2.24) is 0 Å². The van der Waals surface area contributed by atoms with E-state index < -0.39 is 0 Å². The molecule has 27 heavy (non-hydrogen) atoms. The quantitative estimate of drug-likeness (QED) is 0.451. The Balaban J connectivity index is 2.57. The Bertz CT molecular complexity index is 777. The molecule has 148 valence electrons. The number of ether oxygens (including phenoxy) is 2. The van der Waals surface area contributed by atoms with Crippen LogP contribution in [-0.4, -0.2) is 27.2 Å². The van der Waals surface area contributed by atoms with E-state index in [1.807, 2.05) is 0 Å². The minimum atomic E-state index is 0.0179. The Hall–Kier alpha value is -0.940. The molecule has 2 rings (SSSR count). The lowest BCUT2D eigenvalue weighted by molar-refractivity contribution is 0.0506. The van der Waals surface area contributed by atoms with Gasteiger partial charge in [0.05, 0.1) is 0 Å². The normalized spacial score (nSPS) is 12.3. The fraction of sp³-hybridized carbons (Fsp3) is 0.478. The molecule has 2 aromatic rings. The van der Waals surface area contributed by atoms with Crippen LogP contribution in [0.3, 0.4) is 0 Å². The predicted molar refractivity (Wildman–Crippen MR) is 124 cm³/mol. The molecular formula is C23H34O2P2. The van der Waals surface area contributed by atoms with Crippen molar-refractivity contribution < 1.29 is 9.47 Å². The highest BCUT2D eigenvalue weighted by Gasteiger charge is 2.23. The van der Waals surface area contributed by atoms with E-state index in [1.54, 1.807) is 7.11 Å². The molecule has 0 aromatic heterocycles. The van der Waals surface area contributed by atoms with Crippen molar-refractivity contribution in [3.05, 3.63) is 52.6 Å². The molecule has 0 bridgehead atoms. The Morgan fingerprint density at radius 2 is 1.78 bits per heavy atom. The minimum Gasteiger partial charge on any atom is -0.467 e. The third-order valence-electron chi connectivity index (χ3n) is 4.47. The smallest absolute Gasteiger partial charge is 0.188 e. The van der Waals surface area contributed by atoms with Crippen LogP contribution in [-0.2, 0) is 16.3 Å². The summed E-state index contributed by atoms with van der Waals surface area (Å²) in [5.74, 6) is 0.998. The van der Waals surface area contributed by atoms with Crippen molar-refractivity contribution in [2.24, 2.45) is 0 Å². The summed E-state index contributed by atoms with van der Waals surface area (Å²) in [6, 6.07) is 11.3. The van der Waals surface area contributed by atoms with Crippen LogP contribution in [0.25, 0.3) is 0 Å². The van der Waals surface area contributed by atoms with Crippen molar-refractivity contribution in [3.63, 3.8) is 0 Å². The lowest BCUT2D eigenvalue weighted by Crippen LogP contribution is -2.21. The molecule has 0 aliphatic carbocycles. The fourth-order valence-corrected chi connectivity index (χ4v) is 5.81. The molecule has 2 nitrogen and oxygen atoms in total. The van der Waals surface area contributed by atoms with Gasteiger partial charge in [-0.1, -0.05) is 53.6 Å². The maximum absolute atomic E-state index is 6.12. The molecule has 1 atom stereocenters. The number of benzene rings is 2. The minimum absolute atomic E-state index is 0.0179. The van der Waals surface area contributed by atoms with Gasteiger partial charge in [0.25, 0.3) is 0 Å². The highest BCUT2D eigenvalue weighted by atomic mass is 31.1. The number of aryl methyl sites for hydroxylation is 2. The molecule has 0 spiro atoms. The van der Waals surface area contributed by atoms with E-state index in [0.717, 1.165) is 5.75 Å². The van der Waals surface area contributed by atoms with Gasteiger partial charge >= 0.3 is 0 Å². The van der Waals surface area contributed by atoms with E-state index in [4.69, 9.17) is 9.47 Å². The van der Waals surface area contributed by atoms with E-state index in [-0.39, 0.29) is 20.1 Å². The molecule has 0 N–H and O–H groups in total. The van der Waals surface area contributed by atoms with Crippen molar-refractivity contribution in [3.8, 4) is 5.75 Å². The highest BCUT2D eigenvalue weighted by molar-refractivity contribution is 7.57. The predicted octanol–water partition coefficient (Wildman–Crippen LogP) is 5.45. The molecule has 4 heteroatoms. The van der Waals surface area contributed by atoms with E-state index in [0.29, 0.717) is 8.58 Å². The van der Waals surface area contributed by atoms with E-state index >= 15 is 0 Å². The molecule has 1 unspecified atom stereocenters. The van der Waals surface area contributed by atoms with E-state index in [2.05, 4.69) is 78.3 Å². The van der Waals surface area contributed by atoms with Gasteiger partial charge in [0.15, 0.2) is 6.79 Å². The van der Waals surface area contributed by atoms with Crippen molar-refractivity contribution in [2.45, 2.75) is 46.2 Å². The average Bonchev–Trinajstić information content (AvgIpc) is 2.55. The molecule has 0 heterocycles. The van der Waals surface area contributed by atoms with Gasteiger partial charge in [-0.3, -0.25) is 0 Å². The molecular weight excluding hydrogens is 370 g/mol. The van der Waals surface area contributed by atoms with Gasteiger partial charge in [-0.05, 0) is 66.8 Å². The van der Waals surface area contributed by atoms with Crippen LogP contribution in [0.15, 0.2) is 30.3 Å². The van der Waals surface area contributed by atoms with Crippen LogP contribution in [0, 0.1) is 13.8 Å². The monoisotopic (exact) mass is 404 g/mol. The molecule has 2 aromatic carbocycles. The van der Waals surface area contributed by atoms with Crippen LogP contribution in [0.5, 0.6) is 5.75 Å². The van der Waals surface area contributed by atoms with Crippen LogP contribution in [0.1, 0.15) is 43.0 Å². The maximum atomic E-state index is 6.12. The summed E-state index contributed by atoms with van der Waals surface area (Å²) in [4.78, 5) is 0. The first-order chi connectivity index (χ1) is 12.6. The molecule has 0 saturated heterocycles. The van der Waals surface area contributed by atoms with Gasteiger partial charge in [-0.25, -0.2) is 0 Å². The van der Waals surface area contributed by atoms with Gasteiger partial charge < -0.3 is 9.47 Å². The van der Waals surface area contributed by atoms with Gasteiger partial charge in [-0.15, -0.1) is 7.92 Å². The van der Waals surface area contributed by atoms with Crippen molar-refractivity contribution in [1.29, 1.82) is 0 Å². The first-order valence-electron chi connectivity index (χ1n) is 9.40. The molecule has 0 aliphatic rings. The zero-order chi connectivity index (χ0) is 20.2. The van der Waals surface area contributed by atoms with Crippen LogP contribution < -0.4 is 15.3 Å². The van der Waals surface area contributed by atoms with Gasteiger partial charge in [0, 0.05) is 18.0 Å². The zero-order valence-electron chi connectivity index (χ0n) is 18.1. The molecule has 0 radical (unpaired) electrons. The van der Waals surface area contributed by atoms with Crippen LogP contribution in [0.4, 0.5) is 0 Å². The van der Waals surface area contributed by atoms with Gasteiger partial charge in [-0.2, -0.15) is 0 Å². The zero-order valence-corrected chi connectivity index (χ0v) is 20.0. The summed E-state index contributed by atoms with van der Waals surface area (Å²) in [6.07, 6.45) is 1.17. The van der Waals surface area contributed by atoms with Crippen molar-refractivity contribution >= 4 is 27.1 Å². The molecule has 0 saturated carbocycles. The lowest BCUT2D eigenvalue weighted by atomic mass is 9.85. The summed E-state index contributed by atoms with van der Waals surface area (Å²) in [5.41, 5.74) is 5.42. The Morgan fingerprint density at radius 3 is 2.37 bits per heavy atom. The number of methoxy groups -OCH3 is 1. The molecule has 0 amide bonds. The number of hydrogen-bond donors (Lipinski definition) is 0. The Morgan fingerprint density at radius 1 is 1.07 bits per heavy atom. The second-order valence-corrected chi connectivity index (χ2v) is 12.2. The number of rotatable bonds is 7. The summed E-state index contributed by atoms with van der Waals surface area (Å²) in [6.45, 7) is 16.1. The standard InChI is InChI=1S/C23H34O2P2/c1-16-12-19(23(3,4)5)21(25-15-24-6)20(13-16)26-22-17(2)10-9-11-18(22)14-27(7)8/h9-13,26H,14-15H2,1-8H3. The average molecular weight is 404 g/mol. The summed E-state index contributed by atoms with van der Waals surface area (Å²) >= 11 is 0. The third kappa shape index (κ3) is 6.02. The summed E-state index contributed by atoms with van der Waals surface area (Å²) in [7, 11) is 2.29. The fourth-order valence-electron chi connectivity index (χ4n) is 3.21.